The fourth-order valence-corrected chi connectivity index (χ4v) is 3.51. The van der Waals surface area contributed by atoms with Gasteiger partial charge in [-0.2, -0.15) is 0 Å². The molecule has 1 aromatic rings. The maximum absolute atomic E-state index is 13.1. The van der Waals surface area contributed by atoms with Gasteiger partial charge in [-0.25, -0.2) is 4.39 Å². The Morgan fingerprint density at radius 3 is 2.52 bits per heavy atom. The molecule has 3 unspecified atom stereocenters. The summed E-state index contributed by atoms with van der Waals surface area (Å²) in [6.45, 7) is 0. The van der Waals surface area contributed by atoms with Crippen molar-refractivity contribution in [3.63, 3.8) is 0 Å². The SMILES string of the molecule is O=C1CC(C2CC=CCC2)C(c2ccc(F)cc2)C(=O)N1. The van der Waals surface area contributed by atoms with Crippen molar-refractivity contribution in [2.75, 3.05) is 0 Å². The molecule has 1 N–H and O–H groups in total. The molecular formula is C17H18FNO2. The van der Waals surface area contributed by atoms with Crippen LogP contribution in [0.25, 0.3) is 0 Å². The van der Waals surface area contributed by atoms with Crippen LogP contribution in [0.15, 0.2) is 36.4 Å². The molecule has 0 saturated carbocycles. The van der Waals surface area contributed by atoms with Crippen molar-refractivity contribution >= 4 is 11.8 Å². The Balaban J connectivity index is 1.92. The number of carbonyl (C=O) groups is 2. The smallest absolute Gasteiger partial charge is 0.234 e. The molecule has 3 atom stereocenters. The summed E-state index contributed by atoms with van der Waals surface area (Å²) in [6, 6.07) is 6.05. The summed E-state index contributed by atoms with van der Waals surface area (Å²) in [4.78, 5) is 24.0. The topological polar surface area (TPSA) is 46.2 Å². The lowest BCUT2D eigenvalue weighted by Crippen LogP contribution is -2.46. The summed E-state index contributed by atoms with van der Waals surface area (Å²) in [5.41, 5.74) is 0.793. The van der Waals surface area contributed by atoms with Crippen molar-refractivity contribution < 1.29 is 14.0 Å². The molecule has 1 aliphatic heterocycles. The number of hydrogen-bond acceptors (Lipinski definition) is 2. The molecule has 0 aromatic heterocycles. The number of nitrogens with one attached hydrogen (secondary N) is 1. The molecular weight excluding hydrogens is 269 g/mol. The number of benzene rings is 1. The summed E-state index contributed by atoms with van der Waals surface area (Å²) < 4.78 is 13.1. The summed E-state index contributed by atoms with van der Waals surface area (Å²) in [6.07, 6.45) is 7.54. The van der Waals surface area contributed by atoms with Crippen LogP contribution in [0.4, 0.5) is 4.39 Å². The number of imide groups is 1. The minimum absolute atomic E-state index is 0.00154. The predicted molar refractivity (Wildman–Crippen MR) is 76.9 cm³/mol. The molecule has 0 bridgehead atoms. The van der Waals surface area contributed by atoms with Gasteiger partial charge in [0.15, 0.2) is 0 Å². The van der Waals surface area contributed by atoms with E-state index < -0.39 is 0 Å². The molecule has 21 heavy (non-hydrogen) atoms. The van der Waals surface area contributed by atoms with E-state index in [2.05, 4.69) is 17.5 Å². The molecule has 0 spiro atoms. The van der Waals surface area contributed by atoms with Crippen LogP contribution in [-0.2, 0) is 9.59 Å². The van der Waals surface area contributed by atoms with Gasteiger partial charge >= 0.3 is 0 Å². The van der Waals surface area contributed by atoms with Gasteiger partial charge in [0.05, 0.1) is 5.92 Å². The lowest BCUT2D eigenvalue weighted by atomic mass is 9.70. The molecule has 1 aromatic carbocycles. The van der Waals surface area contributed by atoms with E-state index in [4.69, 9.17) is 0 Å². The Morgan fingerprint density at radius 2 is 1.86 bits per heavy atom. The molecule has 0 radical (unpaired) electrons. The molecule has 3 nitrogen and oxygen atoms in total. The number of amides is 2. The summed E-state index contributed by atoms with van der Waals surface area (Å²) in [7, 11) is 0. The van der Waals surface area contributed by atoms with Crippen molar-refractivity contribution in [1.82, 2.24) is 5.32 Å². The lowest BCUT2D eigenvalue weighted by Gasteiger charge is -2.36. The minimum atomic E-state index is -0.361. The van der Waals surface area contributed by atoms with Gasteiger partial charge in [0.1, 0.15) is 5.82 Å². The highest BCUT2D eigenvalue weighted by Crippen LogP contribution is 2.40. The van der Waals surface area contributed by atoms with Gasteiger partial charge < -0.3 is 0 Å². The number of piperidine rings is 1. The van der Waals surface area contributed by atoms with E-state index in [9.17, 15) is 14.0 Å². The third-order valence-electron chi connectivity index (χ3n) is 4.54. The fraction of sp³-hybridized carbons (Fsp3) is 0.412. The zero-order valence-corrected chi connectivity index (χ0v) is 11.7. The quantitative estimate of drug-likeness (QED) is 0.671. The van der Waals surface area contributed by atoms with Crippen LogP contribution < -0.4 is 5.32 Å². The number of allylic oxidation sites excluding steroid dienone is 2. The van der Waals surface area contributed by atoms with Gasteiger partial charge in [-0.1, -0.05) is 24.3 Å². The molecule has 3 rings (SSSR count). The van der Waals surface area contributed by atoms with Crippen LogP contribution in [0.3, 0.4) is 0 Å². The van der Waals surface area contributed by atoms with Crippen molar-refractivity contribution in [2.45, 2.75) is 31.6 Å². The van der Waals surface area contributed by atoms with E-state index in [0.717, 1.165) is 24.8 Å². The highest BCUT2D eigenvalue weighted by atomic mass is 19.1. The van der Waals surface area contributed by atoms with Gasteiger partial charge in [0.2, 0.25) is 11.8 Å². The first kappa shape index (κ1) is 14.0. The maximum Gasteiger partial charge on any atom is 0.234 e. The predicted octanol–water partition coefficient (Wildman–Crippen LogP) is 2.93. The molecule has 1 fully saturated rings. The maximum atomic E-state index is 13.1. The standard InChI is InChI=1S/C17H18FNO2/c18-13-8-6-12(7-9-13)16-14(10-15(20)19-17(16)21)11-4-2-1-3-5-11/h1-2,6-9,11,14,16H,3-5,10H2,(H,19,20,21). The number of halogens is 1. The van der Waals surface area contributed by atoms with Crippen LogP contribution in [0.1, 0.15) is 37.2 Å². The zero-order valence-electron chi connectivity index (χ0n) is 11.7. The van der Waals surface area contributed by atoms with Gasteiger partial charge in [0, 0.05) is 6.42 Å². The normalized spacial score (nSPS) is 29.3. The van der Waals surface area contributed by atoms with Crippen LogP contribution in [-0.4, -0.2) is 11.8 Å². The number of rotatable bonds is 2. The number of hydrogen-bond donors (Lipinski definition) is 1. The molecule has 1 saturated heterocycles. The van der Waals surface area contributed by atoms with E-state index in [1.807, 2.05) is 0 Å². The highest BCUT2D eigenvalue weighted by molar-refractivity contribution is 6.01. The van der Waals surface area contributed by atoms with E-state index in [1.165, 1.54) is 12.1 Å². The molecule has 2 amide bonds. The zero-order chi connectivity index (χ0) is 14.8. The van der Waals surface area contributed by atoms with Crippen LogP contribution >= 0.6 is 0 Å². The van der Waals surface area contributed by atoms with Crippen LogP contribution in [0.2, 0.25) is 0 Å². The lowest BCUT2D eigenvalue weighted by molar-refractivity contribution is -0.137. The fourth-order valence-electron chi connectivity index (χ4n) is 3.51. The van der Waals surface area contributed by atoms with Crippen molar-refractivity contribution in [2.24, 2.45) is 11.8 Å². The second-order valence-electron chi connectivity index (χ2n) is 5.85. The first-order valence-electron chi connectivity index (χ1n) is 7.39. The molecule has 2 aliphatic rings. The van der Waals surface area contributed by atoms with Gasteiger partial charge in [-0.3, -0.25) is 14.9 Å². The van der Waals surface area contributed by atoms with E-state index >= 15 is 0 Å². The molecule has 1 heterocycles. The second kappa shape index (κ2) is 5.80. The first-order valence-corrected chi connectivity index (χ1v) is 7.39. The van der Waals surface area contributed by atoms with Crippen molar-refractivity contribution in [3.05, 3.63) is 47.8 Å². The monoisotopic (exact) mass is 287 g/mol. The Bertz CT molecular complexity index is 579. The van der Waals surface area contributed by atoms with Crippen molar-refractivity contribution in [3.8, 4) is 0 Å². The average molecular weight is 287 g/mol. The van der Waals surface area contributed by atoms with Gasteiger partial charge in [0.25, 0.3) is 0 Å². The molecule has 4 heteroatoms. The molecule has 1 aliphatic carbocycles. The van der Waals surface area contributed by atoms with Crippen LogP contribution in [0, 0.1) is 17.7 Å². The Morgan fingerprint density at radius 1 is 1.10 bits per heavy atom. The van der Waals surface area contributed by atoms with E-state index in [1.54, 1.807) is 12.1 Å². The summed E-state index contributed by atoms with van der Waals surface area (Å²) >= 11 is 0. The third-order valence-corrected chi connectivity index (χ3v) is 4.54. The Kier molecular flexibility index (Phi) is 3.86. The van der Waals surface area contributed by atoms with Crippen LogP contribution in [0.5, 0.6) is 0 Å². The van der Waals surface area contributed by atoms with E-state index in [-0.39, 0.29) is 29.5 Å². The van der Waals surface area contributed by atoms with E-state index in [0.29, 0.717) is 12.3 Å². The molecule has 110 valence electrons. The van der Waals surface area contributed by atoms with Crippen molar-refractivity contribution in [1.29, 1.82) is 0 Å². The minimum Gasteiger partial charge on any atom is -0.296 e. The second-order valence-corrected chi connectivity index (χ2v) is 5.85. The largest absolute Gasteiger partial charge is 0.296 e. The third kappa shape index (κ3) is 2.89. The highest BCUT2D eigenvalue weighted by Gasteiger charge is 2.40. The first-order chi connectivity index (χ1) is 10.1. The summed E-state index contributed by atoms with van der Waals surface area (Å²) in [5.74, 6) is -0.792. The van der Waals surface area contributed by atoms with Gasteiger partial charge in [-0.05, 0) is 48.8 Å². The average Bonchev–Trinajstić information content (AvgIpc) is 2.49. The number of carbonyl (C=O) groups excluding carboxylic acids is 2. The van der Waals surface area contributed by atoms with Gasteiger partial charge in [-0.15, -0.1) is 0 Å². The Hall–Kier alpha value is -1.97. The summed E-state index contributed by atoms with van der Waals surface area (Å²) in [5, 5.41) is 2.42. The Labute approximate surface area is 123 Å².